The smallest absolute Gasteiger partial charge is 0.338 e. The van der Waals surface area contributed by atoms with Crippen molar-refractivity contribution in [3.63, 3.8) is 0 Å². The van der Waals surface area contributed by atoms with Crippen LogP contribution in [0, 0.1) is 6.92 Å². The number of nitrogens with one attached hydrogen (secondary N) is 2. The van der Waals surface area contributed by atoms with E-state index in [1.54, 1.807) is 43.3 Å². The molecule has 0 spiro atoms. The molecule has 1 heterocycles. The Kier molecular flexibility index (Phi) is 6.52. The molecule has 0 aliphatic rings. The van der Waals surface area contributed by atoms with Gasteiger partial charge in [-0.3, -0.25) is 4.79 Å². The van der Waals surface area contributed by atoms with Crippen molar-refractivity contribution in [2.45, 2.75) is 20.3 Å². The average molecular weight is 390 g/mol. The second-order valence-corrected chi connectivity index (χ2v) is 6.38. The minimum atomic E-state index is -0.357. The number of nitrogens with zero attached hydrogens (tertiary/aromatic N) is 2. The topological polar surface area (TPSA) is 93.2 Å². The number of hydrogen-bond donors (Lipinski definition) is 2. The molecule has 7 nitrogen and oxygen atoms in total. The van der Waals surface area contributed by atoms with E-state index in [2.05, 4.69) is 20.8 Å². The molecule has 7 heteroatoms. The first-order chi connectivity index (χ1) is 14.0. The zero-order valence-electron chi connectivity index (χ0n) is 16.3. The molecule has 1 amide bonds. The van der Waals surface area contributed by atoms with Gasteiger partial charge in [-0.05, 0) is 61.4 Å². The molecular weight excluding hydrogens is 368 g/mol. The number of aromatic nitrogens is 2. The third-order valence-electron chi connectivity index (χ3n) is 4.21. The van der Waals surface area contributed by atoms with Crippen molar-refractivity contribution in [1.82, 2.24) is 10.2 Å². The van der Waals surface area contributed by atoms with Gasteiger partial charge < -0.3 is 15.4 Å². The van der Waals surface area contributed by atoms with Gasteiger partial charge in [-0.25, -0.2) is 4.79 Å². The van der Waals surface area contributed by atoms with E-state index in [1.165, 1.54) is 0 Å². The lowest BCUT2D eigenvalue weighted by molar-refractivity contribution is -0.115. The minimum Gasteiger partial charge on any atom is -0.462 e. The average Bonchev–Trinajstić information content (AvgIpc) is 2.72. The summed E-state index contributed by atoms with van der Waals surface area (Å²) in [5.74, 6) is 0.395. The Hall–Kier alpha value is -3.74. The second kappa shape index (κ2) is 9.45. The fraction of sp³-hybridized carbons (Fsp3) is 0.182. The lowest BCUT2D eigenvalue weighted by atomic mass is 10.1. The van der Waals surface area contributed by atoms with Crippen LogP contribution in [0.2, 0.25) is 0 Å². The summed E-state index contributed by atoms with van der Waals surface area (Å²) in [4.78, 5) is 23.9. The summed E-state index contributed by atoms with van der Waals surface area (Å²) in [5.41, 5.74) is 3.28. The number of ether oxygens (including phenoxy) is 1. The van der Waals surface area contributed by atoms with Crippen LogP contribution in [-0.2, 0) is 16.0 Å². The van der Waals surface area contributed by atoms with E-state index in [-0.39, 0.29) is 18.3 Å². The summed E-state index contributed by atoms with van der Waals surface area (Å²) in [6.07, 6.45) is 0.279. The molecule has 0 aliphatic heterocycles. The fourth-order valence-corrected chi connectivity index (χ4v) is 2.69. The Balaban J connectivity index is 1.56. The Morgan fingerprint density at radius 3 is 2.28 bits per heavy atom. The van der Waals surface area contributed by atoms with Crippen LogP contribution in [0.4, 0.5) is 17.3 Å². The van der Waals surface area contributed by atoms with Crippen molar-refractivity contribution in [3.05, 3.63) is 77.4 Å². The van der Waals surface area contributed by atoms with Crippen molar-refractivity contribution >= 4 is 29.2 Å². The number of hydrogen-bond acceptors (Lipinski definition) is 6. The van der Waals surface area contributed by atoms with E-state index in [0.29, 0.717) is 23.8 Å². The van der Waals surface area contributed by atoms with Crippen LogP contribution in [0.1, 0.15) is 28.4 Å². The number of benzene rings is 2. The van der Waals surface area contributed by atoms with Gasteiger partial charge in [-0.15, -0.1) is 10.2 Å². The lowest BCUT2D eigenvalue weighted by Crippen LogP contribution is -2.16. The maximum Gasteiger partial charge on any atom is 0.338 e. The molecule has 0 radical (unpaired) electrons. The third kappa shape index (κ3) is 5.62. The van der Waals surface area contributed by atoms with E-state index in [0.717, 1.165) is 16.8 Å². The van der Waals surface area contributed by atoms with Gasteiger partial charge >= 0.3 is 5.97 Å². The van der Waals surface area contributed by atoms with Crippen molar-refractivity contribution in [1.29, 1.82) is 0 Å². The van der Waals surface area contributed by atoms with E-state index in [9.17, 15) is 9.59 Å². The summed E-state index contributed by atoms with van der Waals surface area (Å²) in [6, 6.07) is 18.0. The number of aryl methyl sites for hydroxylation is 1. The second-order valence-electron chi connectivity index (χ2n) is 6.38. The first-order valence-electron chi connectivity index (χ1n) is 9.27. The van der Waals surface area contributed by atoms with Crippen LogP contribution < -0.4 is 10.6 Å². The quantitative estimate of drug-likeness (QED) is 0.595. The predicted molar refractivity (Wildman–Crippen MR) is 111 cm³/mol. The van der Waals surface area contributed by atoms with Gasteiger partial charge in [0.25, 0.3) is 0 Å². The van der Waals surface area contributed by atoms with Crippen LogP contribution in [-0.4, -0.2) is 28.7 Å². The number of rotatable bonds is 7. The molecule has 0 saturated carbocycles. The van der Waals surface area contributed by atoms with Crippen molar-refractivity contribution in [2.24, 2.45) is 0 Å². The maximum absolute atomic E-state index is 12.2. The highest BCUT2D eigenvalue weighted by atomic mass is 16.5. The molecule has 2 aromatic carbocycles. The Morgan fingerprint density at radius 1 is 0.931 bits per heavy atom. The molecule has 1 aromatic heterocycles. The van der Waals surface area contributed by atoms with E-state index in [1.807, 2.05) is 31.2 Å². The molecule has 3 rings (SSSR count). The third-order valence-corrected chi connectivity index (χ3v) is 4.21. The first-order valence-corrected chi connectivity index (χ1v) is 9.27. The standard InChI is InChI=1S/C22H22N4O3/c1-3-29-22(28)16-8-10-18(11-9-16)23-19-12-13-20(26-25-19)24-21(27)14-17-7-5-4-6-15(17)2/h4-13H,3,14H2,1-2H3,(H,23,25)(H,24,26,27). The van der Waals surface area contributed by atoms with E-state index >= 15 is 0 Å². The highest BCUT2D eigenvalue weighted by molar-refractivity contribution is 5.91. The van der Waals surface area contributed by atoms with Crippen molar-refractivity contribution in [2.75, 3.05) is 17.2 Å². The van der Waals surface area contributed by atoms with Crippen molar-refractivity contribution < 1.29 is 14.3 Å². The highest BCUT2D eigenvalue weighted by Crippen LogP contribution is 2.16. The number of esters is 1. The lowest BCUT2D eigenvalue weighted by Gasteiger charge is -2.08. The van der Waals surface area contributed by atoms with Crippen molar-refractivity contribution in [3.8, 4) is 0 Å². The van der Waals surface area contributed by atoms with E-state index < -0.39 is 0 Å². The Bertz CT molecular complexity index is 986. The minimum absolute atomic E-state index is 0.149. The van der Waals surface area contributed by atoms with Gasteiger partial charge in [0, 0.05) is 5.69 Å². The fourth-order valence-electron chi connectivity index (χ4n) is 2.69. The molecule has 0 atom stereocenters. The molecule has 148 valence electrons. The van der Waals surface area contributed by atoms with Gasteiger partial charge in [0.2, 0.25) is 5.91 Å². The Morgan fingerprint density at radius 2 is 1.62 bits per heavy atom. The maximum atomic E-state index is 12.2. The molecular formula is C22H22N4O3. The normalized spacial score (nSPS) is 10.3. The molecule has 0 unspecified atom stereocenters. The van der Waals surface area contributed by atoms with Gasteiger partial charge in [0.05, 0.1) is 18.6 Å². The molecule has 29 heavy (non-hydrogen) atoms. The van der Waals surface area contributed by atoms with Crippen LogP contribution in [0.5, 0.6) is 0 Å². The summed E-state index contributed by atoms with van der Waals surface area (Å²) < 4.78 is 4.96. The first kappa shape index (κ1) is 20.0. The van der Waals surface area contributed by atoms with Crippen LogP contribution in [0.3, 0.4) is 0 Å². The van der Waals surface area contributed by atoms with E-state index in [4.69, 9.17) is 4.74 Å². The number of amides is 1. The van der Waals surface area contributed by atoms with Gasteiger partial charge in [0.1, 0.15) is 0 Å². The number of carbonyl (C=O) groups is 2. The summed E-state index contributed by atoms with van der Waals surface area (Å²) in [5, 5.41) is 13.9. The summed E-state index contributed by atoms with van der Waals surface area (Å²) >= 11 is 0. The van der Waals surface area contributed by atoms with Gasteiger partial charge in [-0.1, -0.05) is 24.3 Å². The highest BCUT2D eigenvalue weighted by Gasteiger charge is 2.08. The number of carbonyl (C=O) groups excluding carboxylic acids is 2. The van der Waals surface area contributed by atoms with Crippen LogP contribution >= 0.6 is 0 Å². The largest absolute Gasteiger partial charge is 0.462 e. The van der Waals surface area contributed by atoms with Gasteiger partial charge in [0.15, 0.2) is 11.6 Å². The molecule has 2 N–H and O–H groups in total. The summed E-state index contributed by atoms with van der Waals surface area (Å²) in [6.45, 7) is 4.08. The van der Waals surface area contributed by atoms with Crippen LogP contribution in [0.15, 0.2) is 60.7 Å². The van der Waals surface area contributed by atoms with Crippen LogP contribution in [0.25, 0.3) is 0 Å². The zero-order valence-corrected chi connectivity index (χ0v) is 16.3. The molecule has 0 aliphatic carbocycles. The molecule has 3 aromatic rings. The number of anilines is 3. The SMILES string of the molecule is CCOC(=O)c1ccc(Nc2ccc(NC(=O)Cc3ccccc3C)nn2)cc1. The summed E-state index contributed by atoms with van der Waals surface area (Å²) in [7, 11) is 0. The monoisotopic (exact) mass is 390 g/mol. The molecule has 0 bridgehead atoms. The molecule has 0 fully saturated rings. The van der Waals surface area contributed by atoms with Gasteiger partial charge in [-0.2, -0.15) is 0 Å². The molecule has 0 saturated heterocycles. The Labute approximate surface area is 169 Å². The zero-order chi connectivity index (χ0) is 20.6. The predicted octanol–water partition coefficient (Wildman–Crippen LogP) is 3.89.